The van der Waals surface area contributed by atoms with E-state index in [1.54, 1.807) is 0 Å². The summed E-state index contributed by atoms with van der Waals surface area (Å²) < 4.78 is 2.60. The van der Waals surface area contributed by atoms with E-state index in [0.717, 1.165) is 17.0 Å². The molecule has 0 bridgehead atoms. The molecule has 0 atom stereocenters. The molecule has 0 aliphatic rings. The zero-order valence-corrected chi connectivity index (χ0v) is 27.3. The van der Waals surface area contributed by atoms with Crippen LogP contribution in [0.4, 0.5) is 0 Å². The summed E-state index contributed by atoms with van der Waals surface area (Å²) in [6, 6.07) is 60.1. The summed E-state index contributed by atoms with van der Waals surface area (Å²) in [6.07, 6.45) is 0. The molecule has 1 nitrogen and oxygen atoms in total. The van der Waals surface area contributed by atoms with Gasteiger partial charge in [-0.1, -0.05) is 127 Å². The topological polar surface area (TPSA) is 12.9 Å². The molecule has 0 N–H and O–H groups in total. The SMILES string of the molecule is c1cc(-c2ccc3c4ccccc4c4cc5c6ccccc6c6ccccc6c5cc4c3c2)nc(-c2cccc3c2sc2ccccc23)c1. The van der Waals surface area contributed by atoms with Gasteiger partial charge in [-0.05, 0) is 101 Å². The van der Waals surface area contributed by atoms with Crippen LogP contribution in [0.5, 0.6) is 0 Å². The molecule has 2 heterocycles. The van der Waals surface area contributed by atoms with Gasteiger partial charge in [-0.3, -0.25) is 0 Å². The molecule has 9 aromatic carbocycles. The average Bonchev–Trinajstić information content (AvgIpc) is 3.56. The Balaban J connectivity index is 1.19. The van der Waals surface area contributed by atoms with Crippen LogP contribution < -0.4 is 0 Å². The summed E-state index contributed by atoms with van der Waals surface area (Å²) in [5.74, 6) is 0. The fourth-order valence-corrected chi connectivity index (χ4v) is 9.43. The van der Waals surface area contributed by atoms with E-state index < -0.39 is 0 Å². The van der Waals surface area contributed by atoms with Gasteiger partial charge in [0, 0.05) is 31.3 Å². The van der Waals surface area contributed by atoms with Crippen LogP contribution in [-0.2, 0) is 0 Å². The second kappa shape index (κ2) is 10.2. The van der Waals surface area contributed by atoms with Crippen molar-refractivity contribution in [1.82, 2.24) is 4.98 Å². The maximum absolute atomic E-state index is 5.31. The van der Waals surface area contributed by atoms with E-state index >= 15 is 0 Å². The molecule has 0 saturated heterocycles. The Bertz CT molecular complexity index is 3170. The lowest BCUT2D eigenvalue weighted by atomic mass is 9.88. The van der Waals surface area contributed by atoms with E-state index in [2.05, 4.69) is 164 Å². The lowest BCUT2D eigenvalue weighted by Crippen LogP contribution is -1.90. The smallest absolute Gasteiger partial charge is 0.0723 e. The minimum Gasteiger partial charge on any atom is -0.248 e. The predicted octanol–water partition coefficient (Wildman–Crippen LogP) is 13.7. The van der Waals surface area contributed by atoms with Gasteiger partial charge in [0.1, 0.15) is 0 Å². The standard InChI is InChI=1S/C47H27NS/c1-4-14-32-29(11-1)30-12-2-5-15-33(30)41-27-43-39-25-28(23-24-35(39)31-13-3-6-16-34(31)42(43)26-40(32)41)44-20-10-21-45(48-44)38-19-9-18-37-36-17-7-8-22-46(36)49-47(37)38/h1-27H. The summed E-state index contributed by atoms with van der Waals surface area (Å²) in [4.78, 5) is 5.31. The molecule has 0 amide bonds. The van der Waals surface area contributed by atoms with Gasteiger partial charge in [-0.25, -0.2) is 4.98 Å². The molecule has 2 aromatic heterocycles. The van der Waals surface area contributed by atoms with Gasteiger partial charge in [0.05, 0.1) is 11.4 Å². The Morgan fingerprint density at radius 1 is 0.306 bits per heavy atom. The number of hydrogen-bond donors (Lipinski definition) is 0. The molecule has 11 rings (SSSR count). The lowest BCUT2D eigenvalue weighted by molar-refractivity contribution is 1.33. The molecular weight excluding hydrogens is 611 g/mol. The van der Waals surface area contributed by atoms with Crippen molar-refractivity contribution in [3.63, 3.8) is 0 Å². The van der Waals surface area contributed by atoms with Gasteiger partial charge in [0.25, 0.3) is 0 Å². The number of fused-ring (bicyclic) bond motifs is 15. The Morgan fingerprint density at radius 3 is 1.39 bits per heavy atom. The predicted molar refractivity (Wildman–Crippen MR) is 213 cm³/mol. The van der Waals surface area contributed by atoms with Crippen LogP contribution in [0.25, 0.3) is 107 Å². The quantitative estimate of drug-likeness (QED) is 0.136. The third kappa shape index (κ3) is 3.90. The van der Waals surface area contributed by atoms with Crippen LogP contribution in [-0.4, -0.2) is 4.98 Å². The molecule has 226 valence electrons. The number of hydrogen-bond acceptors (Lipinski definition) is 2. The van der Waals surface area contributed by atoms with E-state index in [9.17, 15) is 0 Å². The van der Waals surface area contributed by atoms with Crippen molar-refractivity contribution in [2.24, 2.45) is 0 Å². The van der Waals surface area contributed by atoms with Crippen molar-refractivity contribution in [2.75, 3.05) is 0 Å². The Labute approximate surface area is 286 Å². The average molecular weight is 638 g/mol. The fraction of sp³-hybridized carbons (Fsp3) is 0. The van der Waals surface area contributed by atoms with Gasteiger partial charge in [0.2, 0.25) is 0 Å². The molecule has 0 fully saturated rings. The van der Waals surface area contributed by atoms with Gasteiger partial charge < -0.3 is 0 Å². The second-order valence-corrected chi connectivity index (χ2v) is 14.1. The highest BCUT2D eigenvalue weighted by Crippen LogP contribution is 2.43. The maximum atomic E-state index is 5.31. The monoisotopic (exact) mass is 637 g/mol. The largest absolute Gasteiger partial charge is 0.248 e. The molecule has 11 aromatic rings. The number of aromatic nitrogens is 1. The number of thiophene rings is 1. The third-order valence-electron chi connectivity index (χ3n) is 10.4. The van der Waals surface area contributed by atoms with E-state index in [0.29, 0.717) is 0 Å². The molecule has 0 aliphatic heterocycles. The summed E-state index contributed by atoms with van der Waals surface area (Å²) in [5, 5.41) is 18.0. The summed E-state index contributed by atoms with van der Waals surface area (Å²) in [6.45, 7) is 0. The van der Waals surface area contributed by atoms with E-state index in [4.69, 9.17) is 4.98 Å². The first-order valence-corrected chi connectivity index (χ1v) is 17.6. The summed E-state index contributed by atoms with van der Waals surface area (Å²) in [7, 11) is 0. The molecule has 0 unspecified atom stereocenters. The summed E-state index contributed by atoms with van der Waals surface area (Å²) in [5.41, 5.74) is 4.29. The normalized spacial score (nSPS) is 12.1. The highest BCUT2D eigenvalue weighted by Gasteiger charge is 2.16. The molecule has 2 heteroatoms. The van der Waals surface area contributed by atoms with Crippen LogP contribution in [0.2, 0.25) is 0 Å². The molecule has 49 heavy (non-hydrogen) atoms. The zero-order chi connectivity index (χ0) is 32.1. The zero-order valence-electron chi connectivity index (χ0n) is 26.4. The van der Waals surface area contributed by atoms with Crippen molar-refractivity contribution < 1.29 is 0 Å². The number of nitrogens with zero attached hydrogens (tertiary/aromatic N) is 1. The van der Waals surface area contributed by atoms with Crippen molar-refractivity contribution in [3.05, 3.63) is 164 Å². The van der Waals surface area contributed by atoms with Crippen molar-refractivity contribution in [2.45, 2.75) is 0 Å². The second-order valence-electron chi connectivity index (χ2n) is 13.0. The van der Waals surface area contributed by atoms with E-state index in [1.807, 2.05) is 11.3 Å². The lowest BCUT2D eigenvalue weighted by Gasteiger charge is -2.16. The Hall–Kier alpha value is -6.09. The number of pyridine rings is 1. The van der Waals surface area contributed by atoms with Gasteiger partial charge in [-0.15, -0.1) is 11.3 Å². The van der Waals surface area contributed by atoms with Gasteiger partial charge >= 0.3 is 0 Å². The minimum absolute atomic E-state index is 0.982. The van der Waals surface area contributed by atoms with Crippen molar-refractivity contribution in [3.8, 4) is 22.5 Å². The first kappa shape index (κ1) is 26.9. The first-order chi connectivity index (χ1) is 24.3. The molecular formula is C47H27NS. The first-order valence-electron chi connectivity index (χ1n) is 16.8. The van der Waals surface area contributed by atoms with E-state index in [1.165, 1.54) is 90.4 Å². The highest BCUT2D eigenvalue weighted by molar-refractivity contribution is 7.26. The minimum atomic E-state index is 0.982. The van der Waals surface area contributed by atoms with Crippen LogP contribution in [0.15, 0.2) is 164 Å². The Kier molecular flexibility index (Phi) is 5.61. The van der Waals surface area contributed by atoms with Gasteiger partial charge in [0.15, 0.2) is 0 Å². The molecule has 0 aliphatic carbocycles. The number of rotatable bonds is 2. The number of benzene rings is 9. The van der Waals surface area contributed by atoms with Crippen molar-refractivity contribution in [1.29, 1.82) is 0 Å². The Morgan fingerprint density at radius 2 is 0.755 bits per heavy atom. The van der Waals surface area contributed by atoms with Crippen molar-refractivity contribution >= 4 is 96.1 Å². The summed E-state index contributed by atoms with van der Waals surface area (Å²) >= 11 is 1.85. The van der Waals surface area contributed by atoms with Crippen LogP contribution in [0.1, 0.15) is 0 Å². The molecule has 0 saturated carbocycles. The van der Waals surface area contributed by atoms with Gasteiger partial charge in [-0.2, -0.15) is 0 Å². The molecule has 0 spiro atoms. The van der Waals surface area contributed by atoms with Crippen LogP contribution in [0, 0.1) is 0 Å². The molecule has 0 radical (unpaired) electrons. The fourth-order valence-electron chi connectivity index (χ4n) is 8.21. The van der Waals surface area contributed by atoms with Crippen LogP contribution >= 0.6 is 11.3 Å². The van der Waals surface area contributed by atoms with Crippen LogP contribution in [0.3, 0.4) is 0 Å². The third-order valence-corrected chi connectivity index (χ3v) is 11.6. The maximum Gasteiger partial charge on any atom is 0.0723 e. The van der Waals surface area contributed by atoms with E-state index in [-0.39, 0.29) is 0 Å². The highest BCUT2D eigenvalue weighted by atomic mass is 32.1.